The van der Waals surface area contributed by atoms with Crippen molar-refractivity contribution in [3.8, 4) is 11.3 Å². The smallest absolute Gasteiger partial charge is 0.407 e. The molecule has 1 aliphatic heterocycles. The molecule has 2 amide bonds. The number of aromatic amines is 1. The van der Waals surface area contributed by atoms with Crippen LogP contribution in [-0.2, 0) is 22.4 Å². The Morgan fingerprint density at radius 1 is 1.34 bits per heavy atom. The number of hydrogen-bond acceptors (Lipinski definition) is 4. The van der Waals surface area contributed by atoms with Gasteiger partial charge in [0, 0.05) is 17.8 Å². The van der Waals surface area contributed by atoms with Crippen molar-refractivity contribution in [1.82, 2.24) is 20.2 Å². The van der Waals surface area contributed by atoms with Crippen molar-refractivity contribution in [1.29, 1.82) is 0 Å². The van der Waals surface area contributed by atoms with Crippen LogP contribution in [0.15, 0.2) is 36.4 Å². The van der Waals surface area contributed by atoms with E-state index in [0.717, 1.165) is 42.9 Å². The van der Waals surface area contributed by atoms with Crippen molar-refractivity contribution in [2.45, 2.75) is 44.7 Å². The Bertz CT molecular complexity index is 965. The van der Waals surface area contributed by atoms with Gasteiger partial charge in [-0.1, -0.05) is 30.8 Å². The number of aryl methyl sites for hydroxylation is 2. The molecule has 1 saturated heterocycles. The molecular weight excluding hydrogens is 368 g/mol. The van der Waals surface area contributed by atoms with Gasteiger partial charge in [-0.3, -0.25) is 4.79 Å². The summed E-state index contributed by atoms with van der Waals surface area (Å²) < 4.78 is 4.66. The number of fused-ring (bicyclic) bond motifs is 3. The maximum absolute atomic E-state index is 13.2. The standard InChI is InChI=1S/C22H26N4O3/c1-13(2)18(25-22(28)29-3)21(27)26-12-6-9-17(26)20-23-16-11-10-14-7-4-5-8-15(14)19(16)24-20/h4-5,7-8,17-18H,1,6,9-12H2,2-3H3,(H,23,24)(H,25,28)/t17-,18-/m0/s1. The van der Waals surface area contributed by atoms with E-state index in [9.17, 15) is 9.59 Å². The Morgan fingerprint density at radius 3 is 2.90 bits per heavy atom. The molecule has 7 heteroatoms. The lowest BCUT2D eigenvalue weighted by atomic mass is 9.93. The van der Waals surface area contributed by atoms with Gasteiger partial charge in [-0.15, -0.1) is 0 Å². The summed E-state index contributed by atoms with van der Waals surface area (Å²) in [5, 5.41) is 2.59. The second-order valence-corrected chi connectivity index (χ2v) is 7.71. The third-order valence-corrected chi connectivity index (χ3v) is 5.75. The van der Waals surface area contributed by atoms with Gasteiger partial charge in [0.2, 0.25) is 5.91 Å². The molecule has 0 bridgehead atoms. The molecule has 0 spiro atoms. The third kappa shape index (κ3) is 3.52. The van der Waals surface area contributed by atoms with E-state index in [2.05, 4.69) is 39.8 Å². The molecule has 1 aromatic heterocycles. The minimum absolute atomic E-state index is 0.137. The highest BCUT2D eigenvalue weighted by atomic mass is 16.5. The van der Waals surface area contributed by atoms with Gasteiger partial charge in [-0.25, -0.2) is 9.78 Å². The first-order valence-electron chi connectivity index (χ1n) is 9.97. The molecule has 0 unspecified atom stereocenters. The van der Waals surface area contributed by atoms with E-state index < -0.39 is 12.1 Å². The van der Waals surface area contributed by atoms with Crippen LogP contribution in [-0.4, -0.2) is 46.6 Å². The molecule has 2 aliphatic rings. The SMILES string of the molecule is C=C(C)[C@H](NC(=O)OC)C(=O)N1CCC[C@H]1c1nc2c([nH]1)CCc1ccccc1-2. The van der Waals surface area contributed by atoms with Crippen LogP contribution in [0.5, 0.6) is 0 Å². The van der Waals surface area contributed by atoms with Crippen LogP contribution in [0.2, 0.25) is 0 Å². The number of likely N-dealkylation sites (tertiary alicyclic amines) is 1. The predicted molar refractivity (Wildman–Crippen MR) is 109 cm³/mol. The normalized spacial score (nSPS) is 18.6. The summed E-state index contributed by atoms with van der Waals surface area (Å²) in [4.78, 5) is 35.1. The quantitative estimate of drug-likeness (QED) is 0.780. The summed E-state index contributed by atoms with van der Waals surface area (Å²) in [7, 11) is 1.28. The van der Waals surface area contributed by atoms with Crippen LogP contribution in [0, 0.1) is 0 Å². The molecule has 2 heterocycles. The van der Waals surface area contributed by atoms with E-state index >= 15 is 0 Å². The number of nitrogens with one attached hydrogen (secondary N) is 2. The number of rotatable bonds is 4. The zero-order valence-electron chi connectivity index (χ0n) is 16.8. The van der Waals surface area contributed by atoms with Gasteiger partial charge < -0.3 is 19.9 Å². The summed E-state index contributed by atoms with van der Waals surface area (Å²) in [5.41, 5.74) is 5.16. The molecule has 1 aromatic carbocycles. The van der Waals surface area contributed by atoms with E-state index in [4.69, 9.17) is 4.98 Å². The van der Waals surface area contributed by atoms with Gasteiger partial charge in [0.05, 0.1) is 18.8 Å². The van der Waals surface area contributed by atoms with Crippen molar-refractivity contribution in [2.75, 3.05) is 13.7 Å². The molecule has 152 valence electrons. The predicted octanol–water partition coefficient (Wildman–Crippen LogP) is 3.14. The van der Waals surface area contributed by atoms with E-state index in [0.29, 0.717) is 12.1 Å². The number of benzene rings is 1. The van der Waals surface area contributed by atoms with E-state index in [1.807, 2.05) is 6.07 Å². The average molecular weight is 394 g/mol. The Balaban J connectivity index is 1.61. The van der Waals surface area contributed by atoms with Gasteiger partial charge in [-0.2, -0.15) is 0 Å². The lowest BCUT2D eigenvalue weighted by molar-refractivity contribution is -0.133. The molecule has 0 radical (unpaired) electrons. The van der Waals surface area contributed by atoms with Crippen LogP contribution in [0.4, 0.5) is 4.79 Å². The second kappa shape index (κ2) is 7.73. The number of imidazole rings is 1. The number of hydrogen-bond donors (Lipinski definition) is 2. The van der Waals surface area contributed by atoms with Crippen molar-refractivity contribution < 1.29 is 14.3 Å². The van der Waals surface area contributed by atoms with Gasteiger partial charge in [0.1, 0.15) is 11.9 Å². The molecule has 2 atom stereocenters. The second-order valence-electron chi connectivity index (χ2n) is 7.71. The molecular formula is C22H26N4O3. The number of carbonyl (C=O) groups is 2. The first-order valence-corrected chi connectivity index (χ1v) is 9.97. The highest BCUT2D eigenvalue weighted by Gasteiger charge is 2.37. The Labute approximate surface area is 170 Å². The highest BCUT2D eigenvalue weighted by Crippen LogP contribution is 2.36. The maximum atomic E-state index is 13.2. The van der Waals surface area contributed by atoms with E-state index in [-0.39, 0.29) is 11.9 Å². The third-order valence-electron chi connectivity index (χ3n) is 5.75. The average Bonchev–Trinajstić information content (AvgIpc) is 3.37. The number of carbonyl (C=O) groups excluding carboxylic acids is 2. The molecule has 4 rings (SSSR count). The number of nitrogens with zero attached hydrogens (tertiary/aromatic N) is 2. The van der Waals surface area contributed by atoms with Crippen LogP contribution in [0.1, 0.15) is 42.9 Å². The zero-order chi connectivity index (χ0) is 20.5. The van der Waals surface area contributed by atoms with Crippen LogP contribution in [0.25, 0.3) is 11.3 Å². The van der Waals surface area contributed by atoms with Crippen LogP contribution in [0.3, 0.4) is 0 Å². The monoisotopic (exact) mass is 394 g/mol. The number of alkyl carbamates (subject to hydrolysis) is 1. The lowest BCUT2D eigenvalue weighted by Gasteiger charge is -2.28. The van der Waals surface area contributed by atoms with Crippen molar-refractivity contribution >= 4 is 12.0 Å². The minimum Gasteiger partial charge on any atom is -0.453 e. The van der Waals surface area contributed by atoms with Crippen LogP contribution < -0.4 is 5.32 Å². The Kier molecular flexibility index (Phi) is 5.13. The molecule has 0 saturated carbocycles. The number of amides is 2. The molecule has 1 fully saturated rings. The van der Waals surface area contributed by atoms with Crippen molar-refractivity contribution in [3.63, 3.8) is 0 Å². The van der Waals surface area contributed by atoms with Crippen molar-refractivity contribution in [2.24, 2.45) is 0 Å². The molecule has 2 aromatic rings. The molecule has 1 aliphatic carbocycles. The number of aromatic nitrogens is 2. The van der Waals surface area contributed by atoms with Gasteiger partial charge in [0.15, 0.2) is 0 Å². The first kappa shape index (κ1) is 19.2. The maximum Gasteiger partial charge on any atom is 0.407 e. The topological polar surface area (TPSA) is 87.3 Å². The number of methoxy groups -OCH3 is 1. The van der Waals surface area contributed by atoms with E-state index in [1.165, 1.54) is 18.2 Å². The van der Waals surface area contributed by atoms with Gasteiger partial charge in [-0.05, 0) is 43.7 Å². The summed E-state index contributed by atoms with van der Waals surface area (Å²) in [6, 6.07) is 7.39. The molecule has 29 heavy (non-hydrogen) atoms. The molecule has 7 nitrogen and oxygen atoms in total. The highest BCUT2D eigenvalue weighted by molar-refractivity contribution is 5.89. The number of H-pyrrole nitrogens is 1. The van der Waals surface area contributed by atoms with E-state index in [1.54, 1.807) is 11.8 Å². The largest absolute Gasteiger partial charge is 0.453 e. The van der Waals surface area contributed by atoms with Crippen molar-refractivity contribution in [3.05, 3.63) is 53.5 Å². The lowest BCUT2D eigenvalue weighted by Crippen LogP contribution is -2.49. The van der Waals surface area contributed by atoms with Gasteiger partial charge in [0.25, 0.3) is 0 Å². The van der Waals surface area contributed by atoms with Crippen LogP contribution >= 0.6 is 0 Å². The Hall–Kier alpha value is -3.09. The minimum atomic E-state index is -0.812. The summed E-state index contributed by atoms with van der Waals surface area (Å²) in [5.74, 6) is 0.635. The zero-order valence-corrected chi connectivity index (χ0v) is 16.8. The first-order chi connectivity index (χ1) is 14.0. The van der Waals surface area contributed by atoms with Gasteiger partial charge >= 0.3 is 6.09 Å². The summed E-state index contributed by atoms with van der Waals surface area (Å²) >= 11 is 0. The number of ether oxygens (including phenoxy) is 1. The fraction of sp³-hybridized carbons (Fsp3) is 0.409. The summed E-state index contributed by atoms with van der Waals surface area (Å²) in [6.07, 6.45) is 2.98. The fourth-order valence-corrected chi connectivity index (χ4v) is 4.27. The summed E-state index contributed by atoms with van der Waals surface area (Å²) in [6.45, 7) is 6.22. The fourth-order valence-electron chi connectivity index (χ4n) is 4.27. The molecule has 2 N–H and O–H groups in total. The Morgan fingerprint density at radius 2 is 2.14 bits per heavy atom.